The Morgan fingerprint density at radius 2 is 2.08 bits per heavy atom. The van der Waals surface area contributed by atoms with E-state index >= 15 is 0 Å². The van der Waals surface area contributed by atoms with Crippen LogP contribution in [0.5, 0.6) is 0 Å². The second-order valence-electron chi connectivity index (χ2n) is 4.67. The summed E-state index contributed by atoms with van der Waals surface area (Å²) in [6, 6.07) is 5.25. The van der Waals surface area contributed by atoms with Gasteiger partial charge in [0.05, 0.1) is 18.4 Å². The third-order valence-corrected chi connectivity index (χ3v) is 4.06. The SMILES string of the molecule is COC(=O)c1ccc(CSc2nnc3ccc(C(F)(F)F)cn23)o1. The Hall–Kier alpha value is -2.49. The number of rotatable bonds is 4. The van der Waals surface area contributed by atoms with E-state index in [-0.39, 0.29) is 16.7 Å². The Bertz CT molecular complexity index is 888. The minimum atomic E-state index is -4.45. The zero-order valence-corrected chi connectivity index (χ0v) is 13.0. The number of esters is 1. The lowest BCUT2D eigenvalue weighted by Gasteiger charge is -2.07. The van der Waals surface area contributed by atoms with Crippen molar-refractivity contribution in [3.63, 3.8) is 0 Å². The molecule has 0 aliphatic carbocycles. The van der Waals surface area contributed by atoms with Crippen molar-refractivity contribution in [2.45, 2.75) is 17.1 Å². The molecule has 0 fully saturated rings. The molecule has 3 rings (SSSR count). The highest BCUT2D eigenvalue weighted by atomic mass is 32.2. The number of hydrogen-bond acceptors (Lipinski definition) is 6. The molecule has 0 aliphatic rings. The molecule has 0 radical (unpaired) electrons. The van der Waals surface area contributed by atoms with Crippen LogP contribution in [-0.4, -0.2) is 27.7 Å². The largest absolute Gasteiger partial charge is 0.463 e. The molecule has 0 unspecified atom stereocenters. The quantitative estimate of drug-likeness (QED) is 0.526. The van der Waals surface area contributed by atoms with Crippen molar-refractivity contribution in [2.24, 2.45) is 0 Å². The number of thioether (sulfide) groups is 1. The van der Waals surface area contributed by atoms with Crippen LogP contribution in [-0.2, 0) is 16.7 Å². The maximum absolute atomic E-state index is 12.8. The molecule has 0 aromatic carbocycles. The molecule has 0 aliphatic heterocycles. The van der Waals surface area contributed by atoms with Gasteiger partial charge in [-0.1, -0.05) is 11.8 Å². The van der Waals surface area contributed by atoms with Gasteiger partial charge in [-0.15, -0.1) is 10.2 Å². The summed E-state index contributed by atoms with van der Waals surface area (Å²) in [5, 5.41) is 7.97. The van der Waals surface area contributed by atoms with E-state index in [1.54, 1.807) is 6.07 Å². The first-order chi connectivity index (χ1) is 11.4. The van der Waals surface area contributed by atoms with Crippen LogP contribution in [0.1, 0.15) is 21.9 Å². The van der Waals surface area contributed by atoms with Crippen LogP contribution in [0.4, 0.5) is 13.2 Å². The van der Waals surface area contributed by atoms with Crippen LogP contribution in [0.25, 0.3) is 5.65 Å². The predicted molar refractivity (Wildman–Crippen MR) is 77.6 cm³/mol. The Labute approximate surface area is 137 Å². The number of nitrogens with zero attached hydrogens (tertiary/aromatic N) is 3. The molecule has 0 amide bonds. The van der Waals surface area contributed by atoms with Gasteiger partial charge in [0, 0.05) is 6.20 Å². The molecule has 6 nitrogen and oxygen atoms in total. The highest BCUT2D eigenvalue weighted by molar-refractivity contribution is 7.98. The first kappa shape index (κ1) is 16.4. The van der Waals surface area contributed by atoms with Crippen LogP contribution in [0.2, 0.25) is 0 Å². The van der Waals surface area contributed by atoms with Gasteiger partial charge in [-0.3, -0.25) is 4.40 Å². The number of furan rings is 1. The molecule has 0 N–H and O–H groups in total. The van der Waals surface area contributed by atoms with Crippen molar-refractivity contribution in [3.05, 3.63) is 47.5 Å². The number of halogens is 3. The summed E-state index contributed by atoms with van der Waals surface area (Å²) in [5.74, 6) is 0.185. The zero-order chi connectivity index (χ0) is 17.3. The summed E-state index contributed by atoms with van der Waals surface area (Å²) in [6.07, 6.45) is -3.50. The number of ether oxygens (including phenoxy) is 1. The van der Waals surface area contributed by atoms with Crippen LogP contribution in [0, 0.1) is 0 Å². The van der Waals surface area contributed by atoms with Crippen molar-refractivity contribution in [1.29, 1.82) is 0 Å². The average Bonchev–Trinajstić information content (AvgIpc) is 3.17. The third-order valence-electron chi connectivity index (χ3n) is 3.09. The maximum Gasteiger partial charge on any atom is 0.417 e. The van der Waals surface area contributed by atoms with Gasteiger partial charge in [0.15, 0.2) is 10.8 Å². The Balaban J connectivity index is 1.80. The lowest BCUT2D eigenvalue weighted by Crippen LogP contribution is -2.06. The van der Waals surface area contributed by atoms with Crippen LogP contribution in [0.15, 0.2) is 40.0 Å². The van der Waals surface area contributed by atoms with Gasteiger partial charge >= 0.3 is 12.1 Å². The van der Waals surface area contributed by atoms with Crippen LogP contribution in [0.3, 0.4) is 0 Å². The third kappa shape index (κ3) is 3.23. The van der Waals surface area contributed by atoms with Crippen LogP contribution >= 0.6 is 11.8 Å². The van der Waals surface area contributed by atoms with E-state index in [1.807, 2.05) is 0 Å². The fourth-order valence-corrected chi connectivity index (χ4v) is 2.75. The Morgan fingerprint density at radius 1 is 1.29 bits per heavy atom. The summed E-state index contributed by atoms with van der Waals surface area (Å²) in [7, 11) is 1.24. The van der Waals surface area contributed by atoms with Crippen LogP contribution < -0.4 is 0 Å². The van der Waals surface area contributed by atoms with E-state index < -0.39 is 17.7 Å². The van der Waals surface area contributed by atoms with Crippen molar-refractivity contribution in [2.75, 3.05) is 7.11 Å². The molecule has 3 aromatic heterocycles. The molecule has 0 spiro atoms. The summed E-state index contributed by atoms with van der Waals surface area (Å²) >= 11 is 1.14. The number of hydrogen-bond donors (Lipinski definition) is 0. The summed E-state index contributed by atoms with van der Waals surface area (Å²) in [6.45, 7) is 0. The Morgan fingerprint density at radius 3 is 2.79 bits per heavy atom. The maximum atomic E-state index is 12.8. The van der Waals surface area contributed by atoms with Gasteiger partial charge in [-0.2, -0.15) is 13.2 Å². The molecule has 0 saturated carbocycles. The number of carbonyl (C=O) groups excluding carboxylic acids is 1. The number of pyridine rings is 1. The van der Waals surface area contributed by atoms with Gasteiger partial charge < -0.3 is 9.15 Å². The monoisotopic (exact) mass is 357 g/mol. The highest BCUT2D eigenvalue weighted by Crippen LogP contribution is 2.30. The summed E-state index contributed by atoms with van der Waals surface area (Å²) in [5.41, 5.74) is -0.483. The van der Waals surface area contributed by atoms with Crippen molar-refractivity contribution in [1.82, 2.24) is 14.6 Å². The molecule has 24 heavy (non-hydrogen) atoms. The van der Waals surface area contributed by atoms with Crippen molar-refractivity contribution >= 4 is 23.4 Å². The minimum Gasteiger partial charge on any atom is -0.463 e. The highest BCUT2D eigenvalue weighted by Gasteiger charge is 2.31. The first-order valence-corrected chi connectivity index (χ1v) is 7.59. The second kappa shape index (κ2) is 6.19. The van der Waals surface area contributed by atoms with E-state index in [2.05, 4.69) is 14.9 Å². The molecule has 10 heteroatoms. The number of alkyl halides is 3. The van der Waals surface area contributed by atoms with E-state index in [9.17, 15) is 18.0 Å². The number of carbonyl (C=O) groups is 1. The molecule has 0 bridgehead atoms. The average molecular weight is 357 g/mol. The molecule has 0 saturated heterocycles. The summed E-state index contributed by atoms with van der Waals surface area (Å²) < 4.78 is 49.5. The first-order valence-electron chi connectivity index (χ1n) is 6.60. The van der Waals surface area contributed by atoms with Gasteiger partial charge in [0.25, 0.3) is 0 Å². The fraction of sp³-hybridized carbons (Fsp3) is 0.214. The summed E-state index contributed by atoms with van der Waals surface area (Å²) in [4.78, 5) is 11.3. The van der Waals surface area contributed by atoms with E-state index in [0.29, 0.717) is 11.4 Å². The molecular formula is C14H10F3N3O3S. The van der Waals surface area contributed by atoms with E-state index in [1.165, 1.54) is 23.6 Å². The van der Waals surface area contributed by atoms with Crippen molar-refractivity contribution < 1.29 is 27.1 Å². The lowest BCUT2D eigenvalue weighted by molar-refractivity contribution is -0.137. The van der Waals surface area contributed by atoms with Gasteiger partial charge in [0.2, 0.25) is 5.76 Å². The molecule has 3 aromatic rings. The van der Waals surface area contributed by atoms with Gasteiger partial charge in [0.1, 0.15) is 5.76 Å². The standard InChI is InChI=1S/C14H10F3N3O3S/c1-22-12(21)10-4-3-9(23-10)7-24-13-19-18-11-5-2-8(6-20(11)13)14(15,16)17/h2-6H,7H2,1H3. The van der Waals surface area contributed by atoms with Gasteiger partial charge in [-0.05, 0) is 24.3 Å². The molecule has 126 valence electrons. The second-order valence-corrected chi connectivity index (χ2v) is 5.62. The van der Waals surface area contributed by atoms with Gasteiger partial charge in [-0.25, -0.2) is 4.79 Å². The Kier molecular flexibility index (Phi) is 4.22. The van der Waals surface area contributed by atoms with E-state index in [4.69, 9.17) is 4.42 Å². The number of aromatic nitrogens is 3. The zero-order valence-electron chi connectivity index (χ0n) is 12.2. The molecular weight excluding hydrogens is 347 g/mol. The van der Waals surface area contributed by atoms with E-state index in [0.717, 1.165) is 24.0 Å². The predicted octanol–water partition coefficient (Wildman–Crippen LogP) is 3.42. The normalized spacial score (nSPS) is 11.8. The molecule has 3 heterocycles. The smallest absolute Gasteiger partial charge is 0.417 e. The van der Waals surface area contributed by atoms with Crippen molar-refractivity contribution in [3.8, 4) is 0 Å². The molecule has 0 atom stereocenters. The fourth-order valence-electron chi connectivity index (χ4n) is 1.94. The minimum absolute atomic E-state index is 0.0542. The number of fused-ring (bicyclic) bond motifs is 1. The topological polar surface area (TPSA) is 69.6 Å². The number of methoxy groups -OCH3 is 1. The lowest BCUT2D eigenvalue weighted by atomic mass is 10.3.